The molecule has 0 spiro atoms. The van der Waals surface area contributed by atoms with E-state index >= 15 is 0 Å². The number of alkyl halides is 3. The van der Waals surface area contributed by atoms with Gasteiger partial charge in [-0.15, -0.1) is 0 Å². The minimum absolute atomic E-state index is 0.325. The van der Waals surface area contributed by atoms with Crippen molar-refractivity contribution in [3.63, 3.8) is 0 Å². The van der Waals surface area contributed by atoms with Crippen molar-refractivity contribution in [1.82, 2.24) is 4.90 Å². The molecule has 1 atom stereocenters. The molecule has 0 amide bonds. The SMILES string of the molecule is CN(Cc1c(F)cccc1F)CC(O)C(F)(F)F. The van der Waals surface area contributed by atoms with Crippen LogP contribution in [0.2, 0.25) is 0 Å². The first kappa shape index (κ1) is 14.8. The Kier molecular flexibility index (Phi) is 4.64. The van der Waals surface area contributed by atoms with Crippen LogP contribution in [0.15, 0.2) is 18.2 Å². The van der Waals surface area contributed by atoms with Gasteiger partial charge in [-0.2, -0.15) is 13.2 Å². The lowest BCUT2D eigenvalue weighted by molar-refractivity contribution is -0.207. The number of rotatable bonds is 4. The Morgan fingerprint density at radius 2 is 1.72 bits per heavy atom. The molecule has 0 aliphatic heterocycles. The number of nitrogens with zero attached hydrogens (tertiary/aromatic N) is 1. The Balaban J connectivity index is 2.68. The molecule has 2 nitrogen and oxygen atoms in total. The van der Waals surface area contributed by atoms with E-state index in [2.05, 4.69) is 0 Å². The van der Waals surface area contributed by atoms with Crippen LogP contribution in [0.5, 0.6) is 0 Å². The summed E-state index contributed by atoms with van der Waals surface area (Å²) in [5.41, 5.74) is -0.325. The minimum Gasteiger partial charge on any atom is -0.382 e. The Bertz CT molecular complexity index is 387. The van der Waals surface area contributed by atoms with Crippen molar-refractivity contribution in [3.05, 3.63) is 35.4 Å². The van der Waals surface area contributed by atoms with Crippen molar-refractivity contribution >= 4 is 0 Å². The molecule has 0 aliphatic carbocycles. The van der Waals surface area contributed by atoms with Crippen LogP contribution in [-0.2, 0) is 6.54 Å². The van der Waals surface area contributed by atoms with E-state index in [1.165, 1.54) is 13.1 Å². The zero-order valence-corrected chi connectivity index (χ0v) is 9.51. The third-order valence-corrected chi connectivity index (χ3v) is 2.35. The fraction of sp³-hybridized carbons (Fsp3) is 0.455. The van der Waals surface area contributed by atoms with E-state index in [9.17, 15) is 22.0 Å². The number of hydrogen-bond donors (Lipinski definition) is 1. The van der Waals surface area contributed by atoms with Gasteiger partial charge < -0.3 is 5.11 Å². The number of halogens is 5. The van der Waals surface area contributed by atoms with Gasteiger partial charge in [-0.1, -0.05) is 6.07 Å². The van der Waals surface area contributed by atoms with Crippen molar-refractivity contribution in [2.75, 3.05) is 13.6 Å². The predicted molar refractivity (Wildman–Crippen MR) is 54.8 cm³/mol. The van der Waals surface area contributed by atoms with Gasteiger partial charge in [0, 0.05) is 18.7 Å². The summed E-state index contributed by atoms with van der Waals surface area (Å²) >= 11 is 0. The lowest BCUT2D eigenvalue weighted by atomic mass is 10.2. The van der Waals surface area contributed by atoms with Crippen LogP contribution in [-0.4, -0.2) is 35.9 Å². The third-order valence-electron chi connectivity index (χ3n) is 2.35. The molecule has 0 fully saturated rings. The van der Waals surface area contributed by atoms with E-state index in [1.54, 1.807) is 0 Å². The molecular weight excluding hydrogens is 257 g/mol. The van der Waals surface area contributed by atoms with Crippen LogP contribution in [0.3, 0.4) is 0 Å². The fourth-order valence-corrected chi connectivity index (χ4v) is 1.42. The molecule has 1 unspecified atom stereocenters. The van der Waals surface area contributed by atoms with Crippen LogP contribution < -0.4 is 0 Å². The molecule has 0 bridgehead atoms. The van der Waals surface area contributed by atoms with Crippen molar-refractivity contribution in [1.29, 1.82) is 0 Å². The van der Waals surface area contributed by atoms with Crippen LogP contribution in [0.25, 0.3) is 0 Å². The summed E-state index contributed by atoms with van der Waals surface area (Å²) in [6.07, 6.45) is -7.29. The fourth-order valence-electron chi connectivity index (χ4n) is 1.42. The first-order valence-corrected chi connectivity index (χ1v) is 5.08. The number of likely N-dealkylation sites (N-methyl/N-ethyl adjacent to an activating group) is 1. The van der Waals surface area contributed by atoms with Gasteiger partial charge in [-0.05, 0) is 19.2 Å². The number of aliphatic hydroxyl groups excluding tert-OH is 1. The highest BCUT2D eigenvalue weighted by Gasteiger charge is 2.38. The van der Waals surface area contributed by atoms with E-state index in [0.29, 0.717) is 0 Å². The first-order chi connectivity index (χ1) is 8.21. The maximum absolute atomic E-state index is 13.2. The van der Waals surface area contributed by atoms with Crippen molar-refractivity contribution < 1.29 is 27.1 Å². The standard InChI is InChI=1S/C11H12F5NO/c1-17(6-10(18)11(14,15)16)5-7-8(12)3-2-4-9(7)13/h2-4,10,18H,5-6H2,1H3. The summed E-state index contributed by atoms with van der Waals surface area (Å²) in [5.74, 6) is -1.66. The normalized spacial score (nSPS) is 14.0. The van der Waals surface area contributed by atoms with Crippen molar-refractivity contribution in [2.45, 2.75) is 18.8 Å². The summed E-state index contributed by atoms with van der Waals surface area (Å²) in [5, 5.41) is 8.82. The Morgan fingerprint density at radius 3 is 2.17 bits per heavy atom. The molecule has 0 heterocycles. The largest absolute Gasteiger partial charge is 0.415 e. The smallest absolute Gasteiger partial charge is 0.382 e. The lowest BCUT2D eigenvalue weighted by Crippen LogP contribution is -2.39. The van der Waals surface area contributed by atoms with Gasteiger partial charge in [0.25, 0.3) is 0 Å². The number of benzene rings is 1. The second-order valence-electron chi connectivity index (χ2n) is 3.95. The zero-order chi connectivity index (χ0) is 13.9. The first-order valence-electron chi connectivity index (χ1n) is 5.08. The van der Waals surface area contributed by atoms with Crippen molar-refractivity contribution in [2.24, 2.45) is 0 Å². The van der Waals surface area contributed by atoms with Gasteiger partial charge in [0.2, 0.25) is 0 Å². The van der Waals surface area contributed by atoms with E-state index in [-0.39, 0.29) is 12.1 Å². The quantitative estimate of drug-likeness (QED) is 0.848. The molecule has 0 aliphatic rings. The summed E-state index contributed by atoms with van der Waals surface area (Å²) in [4.78, 5) is 1.000. The van der Waals surface area contributed by atoms with E-state index in [4.69, 9.17) is 5.11 Å². The topological polar surface area (TPSA) is 23.5 Å². The van der Waals surface area contributed by atoms with E-state index < -0.39 is 30.5 Å². The molecule has 0 saturated carbocycles. The summed E-state index contributed by atoms with van der Waals surface area (Å²) in [6.45, 7) is -1.11. The average molecular weight is 269 g/mol. The summed E-state index contributed by atoms with van der Waals surface area (Å²) < 4.78 is 62.7. The predicted octanol–water partition coefficient (Wildman–Crippen LogP) is 2.32. The molecule has 7 heteroatoms. The third kappa shape index (κ3) is 3.92. The molecule has 0 radical (unpaired) electrons. The highest BCUT2D eigenvalue weighted by atomic mass is 19.4. The molecule has 1 rings (SSSR count). The summed E-state index contributed by atoms with van der Waals surface area (Å²) in [7, 11) is 1.24. The molecular formula is C11H12F5NO. The molecule has 1 N–H and O–H groups in total. The van der Waals surface area contributed by atoms with E-state index in [0.717, 1.165) is 17.0 Å². The van der Waals surface area contributed by atoms with Crippen LogP contribution >= 0.6 is 0 Å². The van der Waals surface area contributed by atoms with Crippen LogP contribution in [0.4, 0.5) is 22.0 Å². The van der Waals surface area contributed by atoms with E-state index in [1.807, 2.05) is 0 Å². The maximum atomic E-state index is 13.2. The van der Waals surface area contributed by atoms with Gasteiger partial charge in [-0.3, -0.25) is 4.90 Å². The Morgan fingerprint density at radius 1 is 1.22 bits per heavy atom. The molecule has 18 heavy (non-hydrogen) atoms. The summed E-state index contributed by atoms with van der Waals surface area (Å²) in [6, 6.07) is 3.21. The van der Waals surface area contributed by atoms with Gasteiger partial charge in [-0.25, -0.2) is 8.78 Å². The van der Waals surface area contributed by atoms with Gasteiger partial charge in [0.15, 0.2) is 6.10 Å². The minimum atomic E-state index is -4.75. The van der Waals surface area contributed by atoms with Gasteiger partial charge in [0.05, 0.1) is 0 Å². The lowest BCUT2D eigenvalue weighted by Gasteiger charge is -2.22. The second kappa shape index (κ2) is 5.62. The number of hydrogen-bond acceptors (Lipinski definition) is 2. The molecule has 0 aromatic heterocycles. The monoisotopic (exact) mass is 269 g/mol. The molecule has 102 valence electrons. The van der Waals surface area contributed by atoms with Gasteiger partial charge >= 0.3 is 6.18 Å². The van der Waals surface area contributed by atoms with Crippen LogP contribution in [0.1, 0.15) is 5.56 Å². The van der Waals surface area contributed by atoms with Crippen LogP contribution in [0, 0.1) is 11.6 Å². The Labute approximate surface area is 101 Å². The maximum Gasteiger partial charge on any atom is 0.415 e. The average Bonchev–Trinajstić information content (AvgIpc) is 2.22. The second-order valence-corrected chi connectivity index (χ2v) is 3.95. The molecule has 1 aromatic carbocycles. The highest BCUT2D eigenvalue weighted by Crippen LogP contribution is 2.21. The number of aliphatic hydroxyl groups is 1. The highest BCUT2D eigenvalue weighted by molar-refractivity contribution is 5.19. The molecule has 1 aromatic rings. The van der Waals surface area contributed by atoms with Gasteiger partial charge in [0.1, 0.15) is 11.6 Å². The van der Waals surface area contributed by atoms with Crippen molar-refractivity contribution in [3.8, 4) is 0 Å². The molecule has 0 saturated heterocycles. The zero-order valence-electron chi connectivity index (χ0n) is 9.51. The Hall–Kier alpha value is -1.21.